The molecule has 2 aromatic heterocycles. The molecule has 0 saturated carbocycles. The Morgan fingerprint density at radius 2 is 2.27 bits per heavy atom. The van der Waals surface area contributed by atoms with Crippen LogP contribution in [-0.4, -0.2) is 32.5 Å². The van der Waals surface area contributed by atoms with E-state index in [1.54, 1.807) is 6.20 Å². The first-order chi connectivity index (χ1) is 10.6. The molecule has 0 aliphatic carbocycles. The van der Waals surface area contributed by atoms with E-state index in [4.69, 9.17) is 0 Å². The van der Waals surface area contributed by atoms with Gasteiger partial charge in [-0.1, -0.05) is 6.07 Å². The van der Waals surface area contributed by atoms with Gasteiger partial charge in [0.1, 0.15) is 0 Å². The maximum absolute atomic E-state index is 13.0. The van der Waals surface area contributed by atoms with Gasteiger partial charge in [0.05, 0.1) is 17.7 Å². The van der Waals surface area contributed by atoms with E-state index in [1.807, 2.05) is 37.9 Å². The average molecular weight is 298 g/mol. The number of amides is 1. The summed E-state index contributed by atoms with van der Waals surface area (Å²) < 4.78 is 0. The van der Waals surface area contributed by atoms with E-state index in [9.17, 15) is 4.79 Å². The lowest BCUT2D eigenvalue weighted by atomic mass is 9.96. The summed E-state index contributed by atoms with van der Waals surface area (Å²) in [6.45, 7) is 6.72. The van der Waals surface area contributed by atoms with E-state index < -0.39 is 0 Å². The maximum Gasteiger partial charge on any atom is 0.230 e. The molecule has 3 heterocycles. The van der Waals surface area contributed by atoms with Gasteiger partial charge in [0.15, 0.2) is 0 Å². The number of nitrogens with one attached hydrogen (secondary N) is 1. The predicted octanol–water partition coefficient (Wildman–Crippen LogP) is 2.89. The fourth-order valence-corrected chi connectivity index (χ4v) is 3.52. The van der Waals surface area contributed by atoms with E-state index in [0.29, 0.717) is 0 Å². The molecule has 0 bridgehead atoms. The molecule has 3 rings (SSSR count). The van der Waals surface area contributed by atoms with Crippen LogP contribution in [0.5, 0.6) is 0 Å². The van der Waals surface area contributed by atoms with Crippen LogP contribution in [0.2, 0.25) is 0 Å². The standard InChI is InChI=1S/C17H22N4O/c1-11(16-12(2)19-20-13(16)3)17(22)21-9-5-7-15(21)14-6-4-8-18-10-14/h4,6,8,10-11,15H,5,7,9H2,1-3H3,(H,19,20). The molecule has 1 saturated heterocycles. The van der Waals surface area contributed by atoms with Gasteiger partial charge in [0.2, 0.25) is 5.91 Å². The minimum Gasteiger partial charge on any atom is -0.335 e. The summed E-state index contributed by atoms with van der Waals surface area (Å²) in [6, 6.07) is 4.14. The highest BCUT2D eigenvalue weighted by Gasteiger charge is 2.34. The molecular weight excluding hydrogens is 276 g/mol. The van der Waals surface area contributed by atoms with Crippen LogP contribution < -0.4 is 0 Å². The monoisotopic (exact) mass is 298 g/mol. The number of nitrogens with zero attached hydrogens (tertiary/aromatic N) is 3. The second-order valence-corrected chi connectivity index (χ2v) is 6.05. The first-order valence-corrected chi connectivity index (χ1v) is 7.81. The van der Waals surface area contributed by atoms with Crippen molar-refractivity contribution < 1.29 is 4.79 Å². The van der Waals surface area contributed by atoms with Gasteiger partial charge < -0.3 is 4.90 Å². The Morgan fingerprint density at radius 3 is 2.91 bits per heavy atom. The van der Waals surface area contributed by atoms with Crippen LogP contribution in [-0.2, 0) is 4.79 Å². The highest BCUT2D eigenvalue weighted by Crippen LogP contribution is 2.35. The molecule has 1 amide bonds. The van der Waals surface area contributed by atoms with E-state index in [0.717, 1.165) is 41.9 Å². The van der Waals surface area contributed by atoms with Crippen molar-refractivity contribution in [3.05, 3.63) is 47.0 Å². The van der Waals surface area contributed by atoms with Crippen molar-refractivity contribution in [1.29, 1.82) is 0 Å². The molecule has 5 heteroatoms. The molecule has 2 aromatic rings. The zero-order chi connectivity index (χ0) is 15.7. The van der Waals surface area contributed by atoms with Gasteiger partial charge in [-0.15, -0.1) is 0 Å². The van der Waals surface area contributed by atoms with E-state index in [-0.39, 0.29) is 17.9 Å². The van der Waals surface area contributed by atoms with E-state index >= 15 is 0 Å². The molecule has 1 N–H and O–H groups in total. The molecule has 0 radical (unpaired) electrons. The van der Waals surface area contributed by atoms with Crippen LogP contribution in [0.4, 0.5) is 0 Å². The molecule has 1 aliphatic heterocycles. The minimum absolute atomic E-state index is 0.149. The van der Waals surface area contributed by atoms with Gasteiger partial charge in [-0.25, -0.2) is 0 Å². The summed E-state index contributed by atoms with van der Waals surface area (Å²) in [7, 11) is 0. The third-order valence-electron chi connectivity index (χ3n) is 4.59. The third-order valence-corrected chi connectivity index (χ3v) is 4.59. The molecular formula is C17H22N4O. The number of carbonyl (C=O) groups excluding carboxylic acids is 1. The highest BCUT2D eigenvalue weighted by molar-refractivity contribution is 5.84. The van der Waals surface area contributed by atoms with Gasteiger partial charge in [0, 0.05) is 30.2 Å². The molecule has 1 fully saturated rings. The zero-order valence-electron chi connectivity index (χ0n) is 13.3. The number of hydrogen-bond acceptors (Lipinski definition) is 3. The minimum atomic E-state index is -0.170. The van der Waals surface area contributed by atoms with Crippen molar-refractivity contribution in [3.63, 3.8) is 0 Å². The maximum atomic E-state index is 13.0. The van der Waals surface area contributed by atoms with Crippen molar-refractivity contribution >= 4 is 5.91 Å². The Bertz CT molecular complexity index is 645. The number of aromatic amines is 1. The second kappa shape index (κ2) is 5.91. The Balaban J connectivity index is 1.85. The summed E-state index contributed by atoms with van der Waals surface area (Å²) in [6.07, 6.45) is 5.69. The van der Waals surface area contributed by atoms with Crippen LogP contribution in [0.15, 0.2) is 24.5 Å². The Labute approximate surface area is 130 Å². The Morgan fingerprint density at radius 1 is 1.45 bits per heavy atom. The predicted molar refractivity (Wildman–Crippen MR) is 84.4 cm³/mol. The summed E-state index contributed by atoms with van der Waals surface area (Å²) >= 11 is 0. The summed E-state index contributed by atoms with van der Waals surface area (Å²) in [4.78, 5) is 19.2. The molecule has 2 unspecified atom stereocenters. The summed E-state index contributed by atoms with van der Waals surface area (Å²) in [5.41, 5.74) is 4.05. The molecule has 116 valence electrons. The van der Waals surface area contributed by atoms with Crippen LogP contribution in [0.3, 0.4) is 0 Å². The number of likely N-dealkylation sites (tertiary alicyclic amines) is 1. The average Bonchev–Trinajstić information content (AvgIpc) is 3.14. The third kappa shape index (κ3) is 2.51. The Hall–Kier alpha value is -2.17. The molecule has 0 spiro atoms. The number of aromatic nitrogens is 3. The van der Waals surface area contributed by atoms with Crippen molar-refractivity contribution in [2.24, 2.45) is 0 Å². The number of rotatable bonds is 3. The number of H-pyrrole nitrogens is 1. The lowest BCUT2D eigenvalue weighted by Crippen LogP contribution is -2.34. The summed E-state index contributed by atoms with van der Waals surface area (Å²) in [5, 5.41) is 7.19. The highest BCUT2D eigenvalue weighted by atomic mass is 16.2. The van der Waals surface area contributed by atoms with Gasteiger partial charge in [-0.2, -0.15) is 5.10 Å². The van der Waals surface area contributed by atoms with Crippen molar-refractivity contribution in [1.82, 2.24) is 20.1 Å². The molecule has 2 atom stereocenters. The molecule has 22 heavy (non-hydrogen) atoms. The molecule has 5 nitrogen and oxygen atoms in total. The number of hydrogen-bond donors (Lipinski definition) is 1. The van der Waals surface area contributed by atoms with Gasteiger partial charge in [0.25, 0.3) is 0 Å². The first-order valence-electron chi connectivity index (χ1n) is 7.81. The van der Waals surface area contributed by atoms with Gasteiger partial charge in [-0.3, -0.25) is 14.9 Å². The topological polar surface area (TPSA) is 61.9 Å². The van der Waals surface area contributed by atoms with E-state index in [1.165, 1.54) is 0 Å². The normalized spacial score (nSPS) is 19.4. The second-order valence-electron chi connectivity index (χ2n) is 6.05. The quantitative estimate of drug-likeness (QED) is 0.947. The largest absolute Gasteiger partial charge is 0.335 e. The summed E-state index contributed by atoms with van der Waals surface area (Å²) in [5.74, 6) is 0.00924. The number of aryl methyl sites for hydroxylation is 2. The van der Waals surface area contributed by atoms with Gasteiger partial charge in [-0.05, 0) is 45.2 Å². The Kier molecular flexibility index (Phi) is 3.96. The first kappa shape index (κ1) is 14.8. The van der Waals surface area contributed by atoms with Crippen LogP contribution in [0, 0.1) is 13.8 Å². The number of carbonyl (C=O) groups is 1. The van der Waals surface area contributed by atoms with Crippen molar-refractivity contribution in [3.8, 4) is 0 Å². The SMILES string of the molecule is Cc1n[nH]c(C)c1C(C)C(=O)N1CCCC1c1cccnc1. The smallest absolute Gasteiger partial charge is 0.230 e. The van der Waals surface area contributed by atoms with Gasteiger partial charge >= 0.3 is 0 Å². The number of pyridine rings is 1. The molecule has 1 aliphatic rings. The van der Waals surface area contributed by atoms with Crippen molar-refractivity contribution in [2.75, 3.05) is 6.54 Å². The zero-order valence-corrected chi connectivity index (χ0v) is 13.3. The van der Waals surface area contributed by atoms with Crippen LogP contribution >= 0.6 is 0 Å². The fourth-order valence-electron chi connectivity index (χ4n) is 3.52. The van der Waals surface area contributed by atoms with Crippen LogP contribution in [0.25, 0.3) is 0 Å². The van der Waals surface area contributed by atoms with E-state index in [2.05, 4.69) is 21.2 Å². The lowest BCUT2D eigenvalue weighted by molar-refractivity contribution is -0.133. The lowest BCUT2D eigenvalue weighted by Gasteiger charge is -2.28. The fraction of sp³-hybridized carbons (Fsp3) is 0.471. The van der Waals surface area contributed by atoms with Crippen molar-refractivity contribution in [2.45, 2.75) is 45.6 Å². The molecule has 0 aromatic carbocycles. The van der Waals surface area contributed by atoms with Crippen LogP contribution in [0.1, 0.15) is 54.2 Å².